The normalized spacial score (nSPS) is 22.3. The first-order chi connectivity index (χ1) is 10.1. The van der Waals surface area contributed by atoms with Gasteiger partial charge in [0.1, 0.15) is 0 Å². The Hall–Kier alpha value is -0.843. The summed E-state index contributed by atoms with van der Waals surface area (Å²) in [6, 6.07) is 11.8. The average Bonchev–Trinajstić information content (AvgIpc) is 2.45. The molecule has 118 valence electrons. The summed E-state index contributed by atoms with van der Waals surface area (Å²) in [5.41, 5.74) is 1.28. The van der Waals surface area contributed by atoms with Crippen molar-refractivity contribution in [3.63, 3.8) is 0 Å². The molecule has 0 aromatic heterocycles. The molecule has 0 bridgehead atoms. The molecular formula is C17H29NO2Si. The predicted molar refractivity (Wildman–Crippen MR) is 91.5 cm³/mol. The molecule has 1 saturated heterocycles. The van der Waals surface area contributed by atoms with Crippen LogP contribution in [0.15, 0.2) is 30.3 Å². The minimum atomic E-state index is -1.53. The van der Waals surface area contributed by atoms with Crippen LogP contribution in [-0.2, 0) is 9.16 Å². The van der Waals surface area contributed by atoms with Crippen LogP contribution in [0.4, 0.5) is 5.69 Å². The average molecular weight is 308 g/mol. The van der Waals surface area contributed by atoms with Gasteiger partial charge in [0.05, 0.1) is 12.7 Å². The SMILES string of the molecule is CCCN(CC1COCCC[Si](C)(C)O1)c1ccccc1. The van der Waals surface area contributed by atoms with Gasteiger partial charge in [0.15, 0.2) is 8.32 Å². The predicted octanol–water partition coefficient (Wildman–Crippen LogP) is 3.91. The molecule has 1 unspecified atom stereocenters. The molecular weight excluding hydrogens is 278 g/mol. The van der Waals surface area contributed by atoms with Gasteiger partial charge >= 0.3 is 0 Å². The van der Waals surface area contributed by atoms with Crippen LogP contribution in [0, 0.1) is 0 Å². The number of anilines is 1. The summed E-state index contributed by atoms with van der Waals surface area (Å²) in [7, 11) is -1.53. The number of ether oxygens (including phenoxy) is 1. The van der Waals surface area contributed by atoms with E-state index in [1.165, 1.54) is 11.7 Å². The maximum atomic E-state index is 6.45. The highest BCUT2D eigenvalue weighted by atomic mass is 28.4. The maximum absolute atomic E-state index is 6.45. The Labute approximate surface area is 130 Å². The minimum absolute atomic E-state index is 0.193. The summed E-state index contributed by atoms with van der Waals surface area (Å²) in [5.74, 6) is 0. The molecule has 1 aromatic carbocycles. The molecule has 1 aliphatic rings. The lowest BCUT2D eigenvalue weighted by molar-refractivity contribution is 0.0390. The highest BCUT2D eigenvalue weighted by molar-refractivity contribution is 6.71. The van der Waals surface area contributed by atoms with E-state index >= 15 is 0 Å². The van der Waals surface area contributed by atoms with Crippen molar-refractivity contribution in [3.8, 4) is 0 Å². The molecule has 1 heterocycles. The van der Waals surface area contributed by atoms with Crippen molar-refractivity contribution in [2.24, 2.45) is 0 Å². The van der Waals surface area contributed by atoms with Crippen molar-refractivity contribution in [1.29, 1.82) is 0 Å². The van der Waals surface area contributed by atoms with Crippen molar-refractivity contribution in [2.75, 3.05) is 31.2 Å². The number of hydrogen-bond acceptors (Lipinski definition) is 3. The lowest BCUT2D eigenvalue weighted by Gasteiger charge is -2.35. The Morgan fingerprint density at radius 3 is 2.71 bits per heavy atom. The van der Waals surface area contributed by atoms with Crippen molar-refractivity contribution in [3.05, 3.63) is 30.3 Å². The fourth-order valence-electron chi connectivity index (χ4n) is 2.93. The Morgan fingerprint density at radius 2 is 2.00 bits per heavy atom. The fourth-order valence-corrected chi connectivity index (χ4v) is 5.09. The molecule has 2 rings (SSSR count). The van der Waals surface area contributed by atoms with Crippen LogP contribution in [0.3, 0.4) is 0 Å². The highest BCUT2D eigenvalue weighted by Crippen LogP contribution is 2.21. The van der Waals surface area contributed by atoms with Gasteiger partial charge in [-0.2, -0.15) is 0 Å². The van der Waals surface area contributed by atoms with Crippen LogP contribution >= 0.6 is 0 Å². The van der Waals surface area contributed by atoms with Crippen molar-refractivity contribution in [2.45, 2.75) is 45.0 Å². The fraction of sp³-hybridized carbons (Fsp3) is 0.647. The van der Waals surface area contributed by atoms with Crippen molar-refractivity contribution >= 4 is 14.0 Å². The first-order valence-electron chi connectivity index (χ1n) is 8.16. The lowest BCUT2D eigenvalue weighted by Crippen LogP contribution is -2.45. The van der Waals surface area contributed by atoms with Gasteiger partial charge in [0.2, 0.25) is 0 Å². The first kappa shape index (κ1) is 16.5. The van der Waals surface area contributed by atoms with Gasteiger partial charge in [-0.05, 0) is 44.1 Å². The molecule has 0 spiro atoms. The van der Waals surface area contributed by atoms with Gasteiger partial charge < -0.3 is 14.1 Å². The Bertz CT molecular complexity index is 411. The second kappa shape index (κ2) is 7.97. The molecule has 1 aromatic rings. The van der Waals surface area contributed by atoms with Crippen LogP contribution in [-0.4, -0.2) is 40.7 Å². The van der Waals surface area contributed by atoms with Crippen LogP contribution in [0.2, 0.25) is 19.1 Å². The molecule has 0 amide bonds. The Balaban J connectivity index is 2.04. The van der Waals surface area contributed by atoms with Crippen LogP contribution in [0.25, 0.3) is 0 Å². The van der Waals surface area contributed by atoms with E-state index in [9.17, 15) is 0 Å². The molecule has 3 nitrogen and oxygen atoms in total. The monoisotopic (exact) mass is 307 g/mol. The molecule has 4 heteroatoms. The Morgan fingerprint density at radius 1 is 1.24 bits per heavy atom. The molecule has 1 atom stereocenters. The van der Waals surface area contributed by atoms with E-state index in [0.29, 0.717) is 0 Å². The van der Waals surface area contributed by atoms with E-state index < -0.39 is 8.32 Å². The highest BCUT2D eigenvalue weighted by Gasteiger charge is 2.29. The van der Waals surface area contributed by atoms with Crippen molar-refractivity contribution < 1.29 is 9.16 Å². The zero-order valence-electron chi connectivity index (χ0n) is 13.7. The van der Waals surface area contributed by atoms with Gasteiger partial charge in [0, 0.05) is 25.4 Å². The number of hydrogen-bond donors (Lipinski definition) is 0. The maximum Gasteiger partial charge on any atom is 0.187 e. The first-order valence-corrected chi connectivity index (χ1v) is 11.3. The summed E-state index contributed by atoms with van der Waals surface area (Å²) in [5, 5.41) is 0. The third-order valence-corrected chi connectivity index (χ3v) is 6.42. The van der Waals surface area contributed by atoms with Gasteiger partial charge in [-0.1, -0.05) is 25.1 Å². The number of rotatable bonds is 5. The number of benzene rings is 1. The molecule has 1 fully saturated rings. The van der Waals surface area contributed by atoms with E-state index in [2.05, 4.69) is 55.2 Å². The van der Waals surface area contributed by atoms with Gasteiger partial charge in [-0.25, -0.2) is 0 Å². The zero-order valence-corrected chi connectivity index (χ0v) is 14.7. The van der Waals surface area contributed by atoms with Crippen LogP contribution < -0.4 is 4.90 Å². The van der Waals surface area contributed by atoms with E-state index in [1.54, 1.807) is 0 Å². The minimum Gasteiger partial charge on any atom is -0.410 e. The van der Waals surface area contributed by atoms with Crippen LogP contribution in [0.1, 0.15) is 19.8 Å². The van der Waals surface area contributed by atoms with Crippen LogP contribution in [0.5, 0.6) is 0 Å². The summed E-state index contributed by atoms with van der Waals surface area (Å²) >= 11 is 0. The topological polar surface area (TPSA) is 21.7 Å². The molecule has 1 aliphatic heterocycles. The standard InChI is InChI=1S/C17H29NO2Si/c1-4-11-18(16-9-6-5-7-10-16)14-17-15-19-12-8-13-21(2,3)20-17/h5-7,9-10,17H,4,8,11-15H2,1-3H3. The molecule has 0 saturated carbocycles. The van der Waals surface area contributed by atoms with Gasteiger partial charge in [-0.15, -0.1) is 0 Å². The van der Waals surface area contributed by atoms with E-state index in [0.717, 1.165) is 39.1 Å². The van der Waals surface area contributed by atoms with E-state index in [-0.39, 0.29) is 6.10 Å². The largest absolute Gasteiger partial charge is 0.410 e. The summed E-state index contributed by atoms with van der Waals surface area (Å²) in [6.07, 6.45) is 2.48. The second-order valence-corrected chi connectivity index (χ2v) is 10.7. The third-order valence-electron chi connectivity index (χ3n) is 3.90. The lowest BCUT2D eigenvalue weighted by atomic mass is 10.2. The number of nitrogens with zero attached hydrogens (tertiary/aromatic N) is 1. The smallest absolute Gasteiger partial charge is 0.187 e. The quantitative estimate of drug-likeness (QED) is 0.770. The van der Waals surface area contributed by atoms with E-state index in [4.69, 9.17) is 9.16 Å². The summed E-state index contributed by atoms with van der Waals surface area (Å²) in [6.45, 7) is 10.5. The molecule has 0 N–H and O–H groups in total. The Kier molecular flexibility index (Phi) is 6.27. The third kappa shape index (κ3) is 5.45. The number of para-hydroxylation sites is 1. The molecule has 0 radical (unpaired) electrons. The van der Waals surface area contributed by atoms with E-state index in [1.807, 2.05) is 0 Å². The van der Waals surface area contributed by atoms with Gasteiger partial charge in [-0.3, -0.25) is 0 Å². The summed E-state index contributed by atoms with van der Waals surface area (Å²) in [4.78, 5) is 2.43. The zero-order chi connectivity index (χ0) is 15.1. The van der Waals surface area contributed by atoms with Crippen molar-refractivity contribution in [1.82, 2.24) is 0 Å². The van der Waals surface area contributed by atoms with Gasteiger partial charge in [0.25, 0.3) is 0 Å². The molecule has 21 heavy (non-hydrogen) atoms. The second-order valence-electron chi connectivity index (χ2n) is 6.46. The summed E-state index contributed by atoms with van der Waals surface area (Å²) < 4.78 is 12.2. The molecule has 0 aliphatic carbocycles.